The van der Waals surface area contributed by atoms with Gasteiger partial charge < -0.3 is 14.8 Å². The molecule has 0 aromatic heterocycles. The Balaban J connectivity index is 0.00000392. The van der Waals surface area contributed by atoms with Crippen molar-refractivity contribution in [1.29, 1.82) is 0 Å². The number of primary sulfonamides is 1. The zero-order valence-corrected chi connectivity index (χ0v) is 18.3. The van der Waals surface area contributed by atoms with Crippen molar-refractivity contribution in [3.8, 4) is 11.5 Å². The van der Waals surface area contributed by atoms with Crippen LogP contribution in [0.2, 0.25) is 0 Å². The number of hydrogen-bond donors (Lipinski definition) is 2. The third-order valence-electron chi connectivity index (χ3n) is 4.23. The number of hydrogen-bond acceptors (Lipinski definition) is 5. The van der Waals surface area contributed by atoms with E-state index in [1.165, 1.54) is 0 Å². The summed E-state index contributed by atoms with van der Waals surface area (Å²) in [5.41, 5.74) is 1.30. The number of methoxy groups -OCH3 is 1. The minimum Gasteiger partial charge on any atom is -0.493 e. The molecule has 0 fully saturated rings. The normalized spacial score (nSPS) is 11.6. The highest BCUT2D eigenvalue weighted by atomic mass is 35.5. The molecule has 0 saturated carbocycles. The second-order valence-corrected chi connectivity index (χ2v) is 8.67. The van der Waals surface area contributed by atoms with E-state index >= 15 is 0 Å². The van der Waals surface area contributed by atoms with Gasteiger partial charge in [0.1, 0.15) is 6.61 Å². The molecule has 0 unspecified atom stereocenters. The van der Waals surface area contributed by atoms with Gasteiger partial charge >= 0.3 is 0 Å². The highest BCUT2D eigenvalue weighted by molar-refractivity contribution is 7.89. The first-order chi connectivity index (χ1) is 12.6. The summed E-state index contributed by atoms with van der Waals surface area (Å²) in [4.78, 5) is 0.179. The van der Waals surface area contributed by atoms with E-state index in [2.05, 4.69) is 5.32 Å². The molecule has 0 atom stereocenters. The van der Waals surface area contributed by atoms with Crippen molar-refractivity contribution in [1.82, 2.24) is 5.32 Å². The lowest BCUT2D eigenvalue weighted by atomic mass is 10.1. The van der Waals surface area contributed by atoms with Gasteiger partial charge in [0.05, 0.1) is 12.0 Å². The van der Waals surface area contributed by atoms with Crippen molar-refractivity contribution >= 4 is 22.4 Å². The van der Waals surface area contributed by atoms with Crippen LogP contribution in [-0.4, -0.2) is 34.2 Å². The smallest absolute Gasteiger partial charge is 0.238 e. The average Bonchev–Trinajstić information content (AvgIpc) is 2.60. The molecule has 6 nitrogen and oxygen atoms in total. The van der Waals surface area contributed by atoms with Gasteiger partial charge in [-0.3, -0.25) is 0 Å². The lowest BCUT2D eigenvalue weighted by molar-refractivity contribution is 0.202. The molecule has 2 aromatic rings. The number of ether oxygens (including phenoxy) is 2. The van der Waals surface area contributed by atoms with Gasteiger partial charge in [-0.15, -0.1) is 12.4 Å². The van der Waals surface area contributed by atoms with Gasteiger partial charge in [-0.05, 0) is 63.1 Å². The number of rotatable bonds is 9. The van der Waals surface area contributed by atoms with Crippen LogP contribution in [0.3, 0.4) is 0 Å². The second kappa shape index (κ2) is 10.1. The Hall–Kier alpha value is -1.80. The number of nitrogens with two attached hydrogens (primary N) is 1. The molecule has 0 aliphatic carbocycles. The van der Waals surface area contributed by atoms with Crippen molar-refractivity contribution in [2.45, 2.75) is 37.6 Å². The van der Waals surface area contributed by atoms with E-state index in [1.54, 1.807) is 26.2 Å². The van der Waals surface area contributed by atoms with Crippen LogP contribution in [0.5, 0.6) is 11.5 Å². The summed E-state index contributed by atoms with van der Waals surface area (Å²) < 4.78 is 34.5. The zero-order valence-electron chi connectivity index (χ0n) is 16.7. The number of para-hydroxylation sites is 2. The van der Waals surface area contributed by atoms with Gasteiger partial charge in [-0.1, -0.05) is 24.3 Å². The van der Waals surface area contributed by atoms with E-state index in [0.717, 1.165) is 5.56 Å². The van der Waals surface area contributed by atoms with Crippen LogP contribution in [0.4, 0.5) is 0 Å². The van der Waals surface area contributed by atoms with Crippen molar-refractivity contribution in [3.63, 3.8) is 0 Å². The van der Waals surface area contributed by atoms with Crippen LogP contribution in [0.15, 0.2) is 47.4 Å². The number of halogens is 1. The number of benzene rings is 2. The molecule has 2 aromatic carbocycles. The summed E-state index contributed by atoms with van der Waals surface area (Å²) >= 11 is 0. The Kier molecular flexibility index (Phi) is 8.75. The van der Waals surface area contributed by atoms with E-state index in [1.807, 2.05) is 44.2 Å². The van der Waals surface area contributed by atoms with Crippen molar-refractivity contribution in [3.05, 3.63) is 53.6 Å². The van der Waals surface area contributed by atoms with Gasteiger partial charge in [0.15, 0.2) is 11.5 Å². The summed E-state index contributed by atoms with van der Waals surface area (Å²) in [6, 6.07) is 12.9. The van der Waals surface area contributed by atoms with E-state index in [4.69, 9.17) is 14.6 Å². The molecule has 0 heterocycles. The minimum atomic E-state index is -3.71. The summed E-state index contributed by atoms with van der Waals surface area (Å²) in [6.45, 7) is 6.97. The average molecular weight is 429 g/mol. The van der Waals surface area contributed by atoms with Crippen molar-refractivity contribution in [2.24, 2.45) is 5.14 Å². The maximum atomic E-state index is 11.6. The lowest BCUT2D eigenvalue weighted by Crippen LogP contribution is -2.45. The Labute approximate surface area is 173 Å². The van der Waals surface area contributed by atoms with Crippen LogP contribution in [-0.2, 0) is 16.4 Å². The number of sulfonamides is 1. The highest BCUT2D eigenvalue weighted by Crippen LogP contribution is 2.26. The standard InChI is InChI=1S/C20H28N2O4S.ClH/c1-15-9-10-16(13-19(15)27(21,23)24)11-12-22-20(2,3)14-26-18-8-6-5-7-17(18)25-4;/h5-10,13,22H,11-12,14H2,1-4H3,(H2,21,23,24);1H. The molecule has 0 radical (unpaired) electrons. The van der Waals surface area contributed by atoms with Crippen LogP contribution in [0.1, 0.15) is 25.0 Å². The van der Waals surface area contributed by atoms with Crippen molar-refractivity contribution < 1.29 is 17.9 Å². The molecule has 0 spiro atoms. The van der Waals surface area contributed by atoms with Crippen LogP contribution in [0, 0.1) is 6.92 Å². The fourth-order valence-corrected chi connectivity index (χ4v) is 3.53. The quantitative estimate of drug-likeness (QED) is 0.640. The third-order valence-corrected chi connectivity index (χ3v) is 5.29. The molecule has 156 valence electrons. The predicted molar refractivity (Wildman–Crippen MR) is 114 cm³/mol. The zero-order chi connectivity index (χ0) is 20.1. The topological polar surface area (TPSA) is 90.7 Å². The van der Waals surface area contributed by atoms with E-state index in [0.29, 0.717) is 36.6 Å². The Morgan fingerprint density at radius 2 is 1.75 bits per heavy atom. The SMILES string of the molecule is COc1ccccc1OCC(C)(C)NCCc1ccc(C)c(S(N)(=O)=O)c1.Cl. The predicted octanol–water partition coefficient (Wildman–Crippen LogP) is 3.06. The van der Waals surface area contributed by atoms with Gasteiger partial charge in [0.25, 0.3) is 0 Å². The molecule has 0 amide bonds. The molecule has 0 aliphatic rings. The molecule has 2 rings (SSSR count). The van der Waals surface area contributed by atoms with E-state index in [9.17, 15) is 8.42 Å². The molecule has 0 aliphatic heterocycles. The Morgan fingerprint density at radius 3 is 2.36 bits per heavy atom. The Morgan fingerprint density at radius 1 is 1.11 bits per heavy atom. The van der Waals surface area contributed by atoms with Crippen LogP contribution < -0.4 is 19.9 Å². The summed E-state index contributed by atoms with van der Waals surface area (Å²) in [5.74, 6) is 1.40. The summed E-state index contributed by atoms with van der Waals surface area (Å²) in [7, 11) is -2.09. The molecule has 8 heteroatoms. The first kappa shape index (κ1) is 24.2. The largest absolute Gasteiger partial charge is 0.493 e. The Bertz CT molecular complexity index is 886. The van der Waals surface area contributed by atoms with Gasteiger partial charge in [-0.25, -0.2) is 13.6 Å². The van der Waals surface area contributed by atoms with E-state index < -0.39 is 10.0 Å². The monoisotopic (exact) mass is 428 g/mol. The molecule has 28 heavy (non-hydrogen) atoms. The minimum absolute atomic E-state index is 0. The number of aryl methyl sites for hydroxylation is 1. The molecular weight excluding hydrogens is 400 g/mol. The van der Waals surface area contributed by atoms with Gasteiger partial charge in [0, 0.05) is 5.54 Å². The van der Waals surface area contributed by atoms with Gasteiger partial charge in [-0.2, -0.15) is 0 Å². The first-order valence-corrected chi connectivity index (χ1v) is 10.3. The third kappa shape index (κ3) is 6.98. The van der Waals surface area contributed by atoms with E-state index in [-0.39, 0.29) is 22.8 Å². The maximum absolute atomic E-state index is 11.6. The van der Waals surface area contributed by atoms with Gasteiger partial charge in [0.2, 0.25) is 10.0 Å². The fraction of sp³-hybridized carbons (Fsp3) is 0.400. The molecule has 0 bridgehead atoms. The molecule has 3 N–H and O–H groups in total. The lowest BCUT2D eigenvalue weighted by Gasteiger charge is -2.27. The summed E-state index contributed by atoms with van der Waals surface area (Å²) in [6.07, 6.45) is 0.681. The van der Waals surface area contributed by atoms with Crippen molar-refractivity contribution in [2.75, 3.05) is 20.3 Å². The number of nitrogens with one attached hydrogen (secondary N) is 1. The fourth-order valence-electron chi connectivity index (χ4n) is 2.70. The first-order valence-electron chi connectivity index (χ1n) is 8.75. The highest BCUT2D eigenvalue weighted by Gasteiger charge is 2.19. The molecule has 0 saturated heterocycles. The molecular formula is C20H29ClN2O4S. The van der Waals surface area contributed by atoms with Crippen LogP contribution >= 0.6 is 12.4 Å². The summed E-state index contributed by atoms with van der Waals surface area (Å²) in [5, 5.41) is 8.71. The van der Waals surface area contributed by atoms with Crippen LogP contribution in [0.25, 0.3) is 0 Å². The maximum Gasteiger partial charge on any atom is 0.238 e. The second-order valence-electron chi connectivity index (χ2n) is 7.15.